The third-order valence-electron chi connectivity index (χ3n) is 5.26. The number of nitrogens with one attached hydrogen (secondary N) is 1. The quantitative estimate of drug-likeness (QED) is 0.937. The molecule has 2 aliphatic heterocycles. The first kappa shape index (κ1) is 14.5. The molecule has 0 spiro atoms. The summed E-state index contributed by atoms with van der Waals surface area (Å²) in [4.78, 5) is 19.2. The standard InChI is InChI=1S/C18H22N4O/c1-13-20-7-8-21(13)12-17(23)22-11-15-9-19-10-16(15)18(22)14-5-3-2-4-6-14/h2-8,15-16,18-19H,9-12H2,1H3/t15-,16-,18-/m0/s1. The molecule has 0 unspecified atom stereocenters. The van der Waals surface area contributed by atoms with Crippen molar-refractivity contribution < 1.29 is 4.79 Å². The van der Waals surface area contributed by atoms with Crippen molar-refractivity contribution in [1.82, 2.24) is 19.8 Å². The van der Waals surface area contributed by atoms with Gasteiger partial charge in [0.1, 0.15) is 12.4 Å². The van der Waals surface area contributed by atoms with E-state index in [1.165, 1.54) is 5.56 Å². The molecule has 2 saturated heterocycles. The molecule has 5 heteroatoms. The van der Waals surface area contributed by atoms with E-state index in [4.69, 9.17) is 0 Å². The summed E-state index contributed by atoms with van der Waals surface area (Å²) >= 11 is 0. The van der Waals surface area contributed by atoms with Gasteiger partial charge in [0, 0.05) is 37.9 Å². The topological polar surface area (TPSA) is 50.2 Å². The smallest absolute Gasteiger partial charge is 0.243 e. The van der Waals surface area contributed by atoms with Crippen LogP contribution in [0.4, 0.5) is 0 Å². The molecule has 0 bridgehead atoms. The molecule has 0 aliphatic carbocycles. The van der Waals surface area contributed by atoms with E-state index >= 15 is 0 Å². The number of carbonyl (C=O) groups is 1. The van der Waals surface area contributed by atoms with Gasteiger partial charge in [-0.3, -0.25) is 4.79 Å². The SMILES string of the molecule is Cc1nccn1CC(=O)N1C[C@@H]2CNC[C@@H]2[C@@H]1c1ccccc1. The van der Waals surface area contributed by atoms with Crippen LogP contribution in [0.2, 0.25) is 0 Å². The number of carbonyl (C=O) groups excluding carboxylic acids is 1. The molecule has 3 atom stereocenters. The van der Waals surface area contributed by atoms with Crippen molar-refractivity contribution >= 4 is 5.91 Å². The minimum absolute atomic E-state index is 0.188. The molecule has 2 aliphatic rings. The van der Waals surface area contributed by atoms with Gasteiger partial charge in [0.2, 0.25) is 5.91 Å². The van der Waals surface area contributed by atoms with Gasteiger partial charge >= 0.3 is 0 Å². The van der Waals surface area contributed by atoms with Gasteiger partial charge in [0.25, 0.3) is 0 Å². The lowest BCUT2D eigenvalue weighted by molar-refractivity contribution is -0.133. The van der Waals surface area contributed by atoms with Crippen LogP contribution in [0.5, 0.6) is 0 Å². The Hall–Kier alpha value is -2.14. The molecule has 1 aromatic heterocycles. The minimum Gasteiger partial charge on any atom is -0.333 e. The summed E-state index contributed by atoms with van der Waals surface area (Å²) in [5.41, 5.74) is 1.25. The summed E-state index contributed by atoms with van der Waals surface area (Å²) in [6.07, 6.45) is 3.63. The lowest BCUT2D eigenvalue weighted by Crippen LogP contribution is -2.36. The van der Waals surface area contributed by atoms with E-state index in [9.17, 15) is 4.79 Å². The number of benzene rings is 1. The third kappa shape index (κ3) is 2.55. The second-order valence-electron chi connectivity index (χ2n) is 6.59. The van der Waals surface area contributed by atoms with Crippen molar-refractivity contribution in [2.75, 3.05) is 19.6 Å². The molecule has 3 heterocycles. The van der Waals surface area contributed by atoms with E-state index in [0.717, 1.165) is 25.5 Å². The zero-order chi connectivity index (χ0) is 15.8. The predicted molar refractivity (Wildman–Crippen MR) is 87.7 cm³/mol. The Bertz CT molecular complexity index is 696. The highest BCUT2D eigenvalue weighted by atomic mass is 16.2. The van der Waals surface area contributed by atoms with Gasteiger partial charge in [-0.1, -0.05) is 30.3 Å². The first-order chi connectivity index (χ1) is 11.2. The van der Waals surface area contributed by atoms with Crippen LogP contribution in [0.1, 0.15) is 17.4 Å². The van der Waals surface area contributed by atoms with Gasteiger partial charge in [-0.15, -0.1) is 0 Å². The van der Waals surface area contributed by atoms with Crippen molar-refractivity contribution in [2.45, 2.75) is 19.5 Å². The van der Waals surface area contributed by atoms with Crippen LogP contribution in [0.3, 0.4) is 0 Å². The first-order valence-electron chi connectivity index (χ1n) is 8.27. The van der Waals surface area contributed by atoms with E-state index in [-0.39, 0.29) is 11.9 Å². The highest BCUT2D eigenvalue weighted by Crippen LogP contribution is 2.42. The van der Waals surface area contributed by atoms with E-state index in [1.807, 2.05) is 23.8 Å². The van der Waals surface area contributed by atoms with Crippen molar-refractivity contribution in [3.8, 4) is 0 Å². The summed E-state index contributed by atoms with van der Waals surface area (Å²) in [7, 11) is 0. The van der Waals surface area contributed by atoms with E-state index in [1.54, 1.807) is 6.20 Å². The Balaban J connectivity index is 1.61. The van der Waals surface area contributed by atoms with Crippen LogP contribution in [-0.4, -0.2) is 40.0 Å². The van der Waals surface area contributed by atoms with Crippen molar-refractivity contribution in [3.05, 3.63) is 54.1 Å². The zero-order valence-corrected chi connectivity index (χ0v) is 13.4. The Labute approximate surface area is 136 Å². The fraction of sp³-hybridized carbons (Fsp3) is 0.444. The number of rotatable bonds is 3. The normalized spacial score (nSPS) is 26.5. The molecule has 0 saturated carbocycles. The lowest BCUT2D eigenvalue weighted by Gasteiger charge is -2.28. The molecular weight excluding hydrogens is 288 g/mol. The summed E-state index contributed by atoms with van der Waals surface area (Å²) < 4.78 is 1.93. The summed E-state index contributed by atoms with van der Waals surface area (Å²) in [6.45, 7) is 5.18. The third-order valence-corrected chi connectivity index (χ3v) is 5.26. The molecule has 4 rings (SSSR count). The minimum atomic E-state index is 0.188. The average Bonchev–Trinajstić information content (AvgIpc) is 3.24. The maximum Gasteiger partial charge on any atom is 0.243 e. The Morgan fingerprint density at radius 1 is 1.30 bits per heavy atom. The van der Waals surface area contributed by atoms with Crippen molar-refractivity contribution in [1.29, 1.82) is 0 Å². The van der Waals surface area contributed by atoms with Crippen LogP contribution in [0.15, 0.2) is 42.7 Å². The molecule has 1 amide bonds. The monoisotopic (exact) mass is 310 g/mol. The number of hydrogen-bond acceptors (Lipinski definition) is 3. The molecular formula is C18H22N4O. The van der Waals surface area contributed by atoms with E-state index in [0.29, 0.717) is 18.4 Å². The van der Waals surface area contributed by atoms with Gasteiger partial charge in [-0.2, -0.15) is 0 Å². The van der Waals surface area contributed by atoms with Crippen LogP contribution in [-0.2, 0) is 11.3 Å². The molecule has 120 valence electrons. The van der Waals surface area contributed by atoms with Crippen molar-refractivity contribution in [2.24, 2.45) is 11.8 Å². The van der Waals surface area contributed by atoms with E-state index in [2.05, 4.69) is 39.5 Å². The highest BCUT2D eigenvalue weighted by molar-refractivity contribution is 5.77. The zero-order valence-electron chi connectivity index (χ0n) is 13.4. The van der Waals surface area contributed by atoms with Gasteiger partial charge in [0.05, 0.1) is 6.04 Å². The van der Waals surface area contributed by atoms with Crippen molar-refractivity contribution in [3.63, 3.8) is 0 Å². The van der Waals surface area contributed by atoms with Gasteiger partial charge in [-0.05, 0) is 18.4 Å². The van der Waals surface area contributed by atoms with Crippen LogP contribution in [0, 0.1) is 18.8 Å². The fourth-order valence-electron chi connectivity index (χ4n) is 4.06. The van der Waals surface area contributed by atoms with Gasteiger partial charge in [-0.25, -0.2) is 4.98 Å². The summed E-state index contributed by atoms with van der Waals surface area (Å²) in [5, 5.41) is 3.49. The lowest BCUT2D eigenvalue weighted by atomic mass is 9.89. The largest absolute Gasteiger partial charge is 0.333 e. The molecule has 5 nitrogen and oxygen atoms in total. The number of aryl methyl sites for hydroxylation is 1. The molecule has 2 aromatic rings. The number of aromatic nitrogens is 2. The number of nitrogens with zero attached hydrogens (tertiary/aromatic N) is 3. The maximum atomic E-state index is 12.9. The average molecular weight is 310 g/mol. The number of likely N-dealkylation sites (tertiary alicyclic amines) is 1. The van der Waals surface area contributed by atoms with Crippen LogP contribution < -0.4 is 5.32 Å². The molecule has 1 N–H and O–H groups in total. The number of hydrogen-bond donors (Lipinski definition) is 1. The summed E-state index contributed by atoms with van der Waals surface area (Å²) in [6, 6.07) is 10.6. The number of fused-ring (bicyclic) bond motifs is 1. The molecule has 2 fully saturated rings. The maximum absolute atomic E-state index is 12.9. The van der Waals surface area contributed by atoms with Gasteiger partial charge in [0.15, 0.2) is 0 Å². The Kier molecular flexibility index (Phi) is 3.65. The number of amides is 1. The summed E-state index contributed by atoms with van der Waals surface area (Å²) in [5.74, 6) is 2.16. The predicted octanol–water partition coefficient (Wildman–Crippen LogP) is 1.61. The molecule has 23 heavy (non-hydrogen) atoms. The van der Waals surface area contributed by atoms with E-state index < -0.39 is 0 Å². The first-order valence-corrected chi connectivity index (χ1v) is 8.27. The van der Waals surface area contributed by atoms with Crippen LogP contribution >= 0.6 is 0 Å². The molecule has 0 radical (unpaired) electrons. The fourth-order valence-corrected chi connectivity index (χ4v) is 4.06. The second kappa shape index (κ2) is 5.81. The number of imidazole rings is 1. The Morgan fingerprint density at radius 3 is 2.87 bits per heavy atom. The van der Waals surface area contributed by atoms with Gasteiger partial charge < -0.3 is 14.8 Å². The highest BCUT2D eigenvalue weighted by Gasteiger charge is 2.46. The second-order valence-corrected chi connectivity index (χ2v) is 6.59. The Morgan fingerprint density at radius 2 is 2.13 bits per heavy atom. The van der Waals surface area contributed by atoms with Crippen LogP contribution in [0.25, 0.3) is 0 Å². The molecule has 1 aromatic carbocycles.